The number of nitrogens with zero attached hydrogens (tertiary/aromatic N) is 2. The highest BCUT2D eigenvalue weighted by molar-refractivity contribution is 6.10. The van der Waals surface area contributed by atoms with Gasteiger partial charge in [0.15, 0.2) is 11.5 Å². The second kappa shape index (κ2) is 9.04. The van der Waals surface area contributed by atoms with E-state index in [0.29, 0.717) is 0 Å². The van der Waals surface area contributed by atoms with Gasteiger partial charge in [0.05, 0.1) is 17.7 Å². The van der Waals surface area contributed by atoms with Gasteiger partial charge in [-0.15, -0.1) is 0 Å². The molecule has 180 valence electrons. The number of carbonyl (C=O) groups excluding carboxylic acids is 2. The summed E-state index contributed by atoms with van der Waals surface area (Å²) in [4.78, 5) is 46.6. The number of esters is 1. The van der Waals surface area contributed by atoms with E-state index in [9.17, 15) is 24.6 Å². The van der Waals surface area contributed by atoms with Crippen molar-refractivity contribution < 1.29 is 29.3 Å². The van der Waals surface area contributed by atoms with Crippen molar-refractivity contribution in [3.63, 3.8) is 0 Å². The van der Waals surface area contributed by atoms with Crippen molar-refractivity contribution in [1.29, 1.82) is 0 Å². The topological polar surface area (TPSA) is 180 Å². The maximum Gasteiger partial charge on any atom is 0.345 e. The highest BCUT2D eigenvalue weighted by Crippen LogP contribution is 2.30. The summed E-state index contributed by atoms with van der Waals surface area (Å²) in [6, 6.07) is -1.12. The second-order valence-electron chi connectivity index (χ2n) is 9.68. The first-order valence-electron chi connectivity index (χ1n) is 10.3. The molecule has 32 heavy (non-hydrogen) atoms. The number of aliphatic hydroxyl groups is 2. The van der Waals surface area contributed by atoms with Crippen molar-refractivity contribution >= 4 is 29.3 Å². The number of hydrogen-bond donors (Lipinski definition) is 5. The van der Waals surface area contributed by atoms with Crippen LogP contribution in [0.2, 0.25) is 0 Å². The van der Waals surface area contributed by atoms with Gasteiger partial charge in [-0.3, -0.25) is 19.5 Å². The van der Waals surface area contributed by atoms with Crippen molar-refractivity contribution in [2.75, 3.05) is 22.5 Å². The van der Waals surface area contributed by atoms with Gasteiger partial charge in [0, 0.05) is 6.54 Å². The number of hydrogen-bond acceptors (Lipinski definition) is 10. The maximum absolute atomic E-state index is 13.7. The Labute approximate surface area is 186 Å². The standard InChI is InChI=1S/C20H33N5O7/c1-9(26)12(27)10-8-22-14-11(15(28)24-18(21)23-14)25(10)16(29)13(31-19(2,3)4)17(30)32-20(5,6)7/h9-10,12-13,26-27H,8H2,1-7H3,(H4,21,22,23,24,28)/t9-,10+,12-,13?/m0/s1. The van der Waals surface area contributed by atoms with Gasteiger partial charge >= 0.3 is 5.97 Å². The Morgan fingerprint density at radius 2 is 1.78 bits per heavy atom. The first-order chi connectivity index (χ1) is 14.5. The molecule has 2 rings (SSSR count). The normalized spacial score (nSPS) is 19.4. The van der Waals surface area contributed by atoms with E-state index in [-0.39, 0.29) is 24.0 Å². The van der Waals surface area contributed by atoms with E-state index in [1.54, 1.807) is 41.5 Å². The molecule has 0 bridgehead atoms. The summed E-state index contributed by atoms with van der Waals surface area (Å²) in [7, 11) is 0. The van der Waals surface area contributed by atoms with Crippen molar-refractivity contribution in [2.24, 2.45) is 0 Å². The number of fused-ring (bicyclic) bond motifs is 1. The Morgan fingerprint density at radius 1 is 1.19 bits per heavy atom. The summed E-state index contributed by atoms with van der Waals surface area (Å²) in [5, 5.41) is 23.4. The fraction of sp³-hybridized carbons (Fsp3) is 0.700. The number of rotatable bonds is 5. The Morgan fingerprint density at radius 3 is 2.28 bits per heavy atom. The molecule has 1 unspecified atom stereocenters. The lowest BCUT2D eigenvalue weighted by molar-refractivity contribution is -0.180. The lowest BCUT2D eigenvalue weighted by atomic mass is 10.0. The zero-order chi connectivity index (χ0) is 24.6. The predicted octanol–water partition coefficient (Wildman–Crippen LogP) is -0.254. The molecule has 6 N–H and O–H groups in total. The molecule has 1 aromatic heterocycles. The largest absolute Gasteiger partial charge is 0.458 e. The molecular formula is C20H33N5O7. The van der Waals surface area contributed by atoms with Crippen LogP contribution in [-0.2, 0) is 19.1 Å². The smallest absolute Gasteiger partial charge is 0.345 e. The van der Waals surface area contributed by atoms with E-state index in [0.717, 1.165) is 4.90 Å². The molecule has 1 aliphatic heterocycles. The Hall–Kier alpha value is -2.70. The SMILES string of the molecule is C[C@H](O)[C@H](O)[C@H]1CNc2nc(N)[nH]c(=O)c2N1C(=O)C(OC(C)(C)C)C(=O)OC(C)(C)C. The number of aromatic nitrogens is 2. The van der Waals surface area contributed by atoms with Gasteiger partial charge in [0.25, 0.3) is 11.5 Å². The number of amides is 1. The monoisotopic (exact) mass is 455 g/mol. The number of aromatic amines is 1. The van der Waals surface area contributed by atoms with Crippen LogP contribution in [-0.4, -0.2) is 74.2 Å². The van der Waals surface area contributed by atoms with Crippen LogP contribution in [0, 0.1) is 0 Å². The Bertz CT molecular complexity index is 916. The molecule has 2 heterocycles. The Kier molecular flexibility index (Phi) is 7.22. The Balaban J connectivity index is 2.63. The van der Waals surface area contributed by atoms with Crippen LogP contribution in [0.3, 0.4) is 0 Å². The van der Waals surface area contributed by atoms with Crippen LogP contribution in [0.1, 0.15) is 48.5 Å². The lowest BCUT2D eigenvalue weighted by Gasteiger charge is -2.41. The first kappa shape index (κ1) is 25.6. The molecule has 0 saturated carbocycles. The van der Waals surface area contributed by atoms with Gasteiger partial charge in [-0.1, -0.05) is 0 Å². The molecule has 0 spiro atoms. The van der Waals surface area contributed by atoms with E-state index >= 15 is 0 Å². The van der Waals surface area contributed by atoms with Gasteiger partial charge in [-0.25, -0.2) is 4.79 Å². The van der Waals surface area contributed by atoms with Crippen LogP contribution in [0.15, 0.2) is 4.79 Å². The van der Waals surface area contributed by atoms with E-state index in [2.05, 4.69) is 15.3 Å². The molecule has 1 amide bonds. The van der Waals surface area contributed by atoms with Crippen molar-refractivity contribution in [3.05, 3.63) is 10.4 Å². The van der Waals surface area contributed by atoms with Crippen LogP contribution >= 0.6 is 0 Å². The van der Waals surface area contributed by atoms with Gasteiger partial charge in [0.1, 0.15) is 11.7 Å². The predicted molar refractivity (Wildman–Crippen MR) is 117 cm³/mol. The summed E-state index contributed by atoms with van der Waals surface area (Å²) in [6.45, 7) is 11.1. The average molecular weight is 456 g/mol. The molecule has 4 atom stereocenters. The summed E-state index contributed by atoms with van der Waals surface area (Å²) in [5.41, 5.74) is 2.74. The summed E-state index contributed by atoms with van der Waals surface area (Å²) < 4.78 is 11.1. The van der Waals surface area contributed by atoms with Gasteiger partial charge in [-0.05, 0) is 48.5 Å². The zero-order valence-electron chi connectivity index (χ0n) is 19.4. The van der Waals surface area contributed by atoms with E-state index in [4.69, 9.17) is 15.2 Å². The third-order valence-corrected chi connectivity index (χ3v) is 4.41. The number of ether oxygens (including phenoxy) is 2. The van der Waals surface area contributed by atoms with Crippen LogP contribution in [0.5, 0.6) is 0 Å². The number of aliphatic hydroxyl groups excluding tert-OH is 2. The number of H-pyrrole nitrogens is 1. The minimum Gasteiger partial charge on any atom is -0.458 e. The third kappa shape index (κ3) is 5.96. The summed E-state index contributed by atoms with van der Waals surface area (Å²) >= 11 is 0. The lowest BCUT2D eigenvalue weighted by Crippen LogP contribution is -2.62. The number of carbonyl (C=O) groups is 2. The van der Waals surface area contributed by atoms with E-state index < -0.39 is 53.0 Å². The number of nitrogens with two attached hydrogens (primary N) is 1. The fourth-order valence-corrected chi connectivity index (χ4v) is 3.19. The number of nitrogen functional groups attached to an aromatic ring is 1. The third-order valence-electron chi connectivity index (χ3n) is 4.41. The van der Waals surface area contributed by atoms with Crippen molar-refractivity contribution in [3.8, 4) is 0 Å². The van der Waals surface area contributed by atoms with Crippen LogP contribution in [0.25, 0.3) is 0 Å². The van der Waals surface area contributed by atoms with Gasteiger partial charge < -0.3 is 30.7 Å². The molecule has 1 aliphatic rings. The van der Waals surface area contributed by atoms with Gasteiger partial charge in [-0.2, -0.15) is 4.98 Å². The molecule has 1 aromatic rings. The van der Waals surface area contributed by atoms with E-state index in [1.807, 2.05) is 0 Å². The van der Waals surface area contributed by atoms with Crippen molar-refractivity contribution in [2.45, 2.75) is 84.0 Å². The summed E-state index contributed by atoms with van der Waals surface area (Å²) in [6.07, 6.45) is -4.45. The minimum atomic E-state index is -1.75. The number of anilines is 3. The van der Waals surface area contributed by atoms with Gasteiger partial charge in [0.2, 0.25) is 12.1 Å². The highest BCUT2D eigenvalue weighted by atomic mass is 16.6. The fourth-order valence-electron chi connectivity index (χ4n) is 3.19. The van der Waals surface area contributed by atoms with Crippen LogP contribution in [0.4, 0.5) is 17.5 Å². The molecule has 0 aromatic carbocycles. The highest BCUT2D eigenvalue weighted by Gasteiger charge is 2.46. The zero-order valence-corrected chi connectivity index (χ0v) is 19.4. The minimum absolute atomic E-state index is 0.00709. The molecular weight excluding hydrogens is 422 g/mol. The molecule has 12 nitrogen and oxygen atoms in total. The summed E-state index contributed by atoms with van der Waals surface area (Å²) in [5.74, 6) is -2.09. The second-order valence-corrected chi connectivity index (χ2v) is 9.68. The van der Waals surface area contributed by atoms with Crippen molar-refractivity contribution in [1.82, 2.24) is 9.97 Å². The molecule has 0 fully saturated rings. The van der Waals surface area contributed by atoms with Crippen LogP contribution < -0.4 is 21.5 Å². The average Bonchev–Trinajstić information content (AvgIpc) is 2.61. The maximum atomic E-state index is 13.7. The quantitative estimate of drug-likeness (QED) is 0.293. The molecule has 0 saturated heterocycles. The first-order valence-corrected chi connectivity index (χ1v) is 10.3. The molecule has 0 radical (unpaired) electrons. The number of nitrogens with one attached hydrogen (secondary N) is 2. The van der Waals surface area contributed by atoms with E-state index in [1.165, 1.54) is 6.92 Å². The molecule has 0 aliphatic carbocycles. The molecule has 12 heteroatoms.